The van der Waals surface area contributed by atoms with Crippen molar-refractivity contribution in [3.63, 3.8) is 0 Å². The van der Waals surface area contributed by atoms with Crippen molar-refractivity contribution in [3.8, 4) is 17.3 Å². The number of nitrogens with zero attached hydrogens (tertiary/aromatic N) is 2. The Hall–Kier alpha value is -3.12. The van der Waals surface area contributed by atoms with E-state index in [9.17, 15) is 5.26 Å². The lowest BCUT2D eigenvalue weighted by Gasteiger charge is -2.36. The molecule has 0 saturated heterocycles. The van der Waals surface area contributed by atoms with E-state index in [1.54, 1.807) is 0 Å². The van der Waals surface area contributed by atoms with Crippen molar-refractivity contribution in [2.45, 2.75) is 70.6 Å². The Morgan fingerprint density at radius 3 is 2.29 bits per heavy atom. The Kier molecular flexibility index (Phi) is 5.85. The van der Waals surface area contributed by atoms with E-state index in [1.807, 2.05) is 6.07 Å². The summed E-state index contributed by atoms with van der Waals surface area (Å²) >= 11 is 0. The molecule has 2 aliphatic rings. The molecule has 0 unspecified atom stereocenters. The highest BCUT2D eigenvalue weighted by Gasteiger charge is 2.32. The number of benzene rings is 2. The van der Waals surface area contributed by atoms with Crippen molar-refractivity contribution in [1.82, 2.24) is 0 Å². The Labute approximate surface area is 208 Å². The van der Waals surface area contributed by atoms with Gasteiger partial charge in [0.1, 0.15) is 18.2 Å². The Bertz CT molecular complexity index is 1430. The Balaban J connectivity index is 1.45. The number of nitriles is 1. The molecule has 2 heterocycles. The van der Waals surface area contributed by atoms with E-state index >= 15 is 0 Å². The second-order valence-corrected chi connectivity index (χ2v) is 11.0. The molecule has 0 spiro atoms. The van der Waals surface area contributed by atoms with E-state index < -0.39 is 0 Å². The van der Waals surface area contributed by atoms with Crippen molar-refractivity contribution >= 4 is 21.9 Å². The minimum absolute atomic E-state index is 0.408. The van der Waals surface area contributed by atoms with E-state index in [4.69, 9.17) is 4.42 Å². The van der Waals surface area contributed by atoms with Gasteiger partial charge in [0, 0.05) is 28.5 Å². The van der Waals surface area contributed by atoms with E-state index in [-0.39, 0.29) is 0 Å². The molecule has 178 valence electrons. The SMILES string of the molecule is Cc1ccc2c(oc3c(C4CCC(C5CCCCC5)CC4)c(C#N)ccc32)c1-c1cccc[n+]1C. The van der Waals surface area contributed by atoms with Crippen molar-refractivity contribution in [3.05, 3.63) is 65.4 Å². The summed E-state index contributed by atoms with van der Waals surface area (Å²) in [6.45, 7) is 2.16. The summed E-state index contributed by atoms with van der Waals surface area (Å²) in [5.41, 5.74) is 7.32. The van der Waals surface area contributed by atoms with Crippen LogP contribution in [-0.2, 0) is 7.05 Å². The lowest BCUT2D eigenvalue weighted by atomic mass is 9.69. The predicted octanol–water partition coefficient (Wildman–Crippen LogP) is 8.11. The van der Waals surface area contributed by atoms with Crippen LogP contribution in [0.1, 0.15) is 80.4 Å². The number of furan rings is 1. The maximum atomic E-state index is 10.1. The minimum Gasteiger partial charge on any atom is -0.455 e. The van der Waals surface area contributed by atoms with Gasteiger partial charge in [-0.3, -0.25) is 0 Å². The molecule has 2 aliphatic carbocycles. The Morgan fingerprint density at radius 2 is 1.54 bits per heavy atom. The van der Waals surface area contributed by atoms with Crippen LogP contribution in [0.5, 0.6) is 0 Å². The zero-order chi connectivity index (χ0) is 23.9. The minimum atomic E-state index is 0.408. The van der Waals surface area contributed by atoms with Crippen LogP contribution < -0.4 is 4.57 Å². The number of fused-ring (bicyclic) bond motifs is 3. The zero-order valence-corrected chi connectivity index (χ0v) is 21.0. The van der Waals surface area contributed by atoms with Crippen LogP contribution in [0.25, 0.3) is 33.2 Å². The summed E-state index contributed by atoms with van der Waals surface area (Å²) in [6.07, 6.45) is 14.1. The third-order valence-electron chi connectivity index (χ3n) is 8.98. The molecule has 0 bridgehead atoms. The van der Waals surface area contributed by atoms with Gasteiger partial charge < -0.3 is 4.42 Å². The summed E-state index contributed by atoms with van der Waals surface area (Å²) in [5, 5.41) is 12.3. The van der Waals surface area contributed by atoms with Gasteiger partial charge in [0.25, 0.3) is 0 Å². The second kappa shape index (κ2) is 9.15. The number of pyridine rings is 1. The number of rotatable bonds is 3. The number of aryl methyl sites for hydroxylation is 2. The molecular formula is C32H35N2O+. The van der Waals surface area contributed by atoms with Gasteiger partial charge >= 0.3 is 0 Å². The Morgan fingerprint density at radius 1 is 0.829 bits per heavy atom. The lowest BCUT2D eigenvalue weighted by Crippen LogP contribution is -2.30. The molecule has 35 heavy (non-hydrogen) atoms. The van der Waals surface area contributed by atoms with Crippen LogP contribution in [-0.4, -0.2) is 0 Å². The summed E-state index contributed by atoms with van der Waals surface area (Å²) in [6, 6.07) is 17.3. The van der Waals surface area contributed by atoms with Crippen LogP contribution in [0.4, 0.5) is 0 Å². The van der Waals surface area contributed by atoms with Crippen LogP contribution >= 0.6 is 0 Å². The maximum Gasteiger partial charge on any atom is 0.216 e. The largest absolute Gasteiger partial charge is 0.455 e. The van der Waals surface area contributed by atoms with E-state index in [1.165, 1.54) is 63.4 Å². The molecule has 2 aromatic carbocycles. The molecule has 2 aromatic heterocycles. The highest BCUT2D eigenvalue weighted by Crippen LogP contribution is 2.47. The predicted molar refractivity (Wildman–Crippen MR) is 141 cm³/mol. The third-order valence-corrected chi connectivity index (χ3v) is 8.98. The quantitative estimate of drug-likeness (QED) is 0.288. The van der Waals surface area contributed by atoms with Crippen LogP contribution in [0.2, 0.25) is 0 Å². The summed E-state index contributed by atoms with van der Waals surface area (Å²) in [4.78, 5) is 0. The molecule has 0 N–H and O–H groups in total. The molecule has 0 atom stereocenters. The first-order valence-corrected chi connectivity index (χ1v) is 13.5. The van der Waals surface area contributed by atoms with Crippen molar-refractivity contribution in [2.24, 2.45) is 18.9 Å². The number of aromatic nitrogens is 1. The van der Waals surface area contributed by atoms with Gasteiger partial charge in [0.05, 0.1) is 17.2 Å². The summed E-state index contributed by atoms with van der Waals surface area (Å²) < 4.78 is 8.94. The third kappa shape index (κ3) is 3.84. The van der Waals surface area contributed by atoms with Crippen molar-refractivity contribution < 1.29 is 8.98 Å². The molecule has 0 radical (unpaired) electrons. The fraction of sp³-hybridized carbons (Fsp3) is 0.438. The lowest BCUT2D eigenvalue weighted by molar-refractivity contribution is -0.660. The molecular weight excluding hydrogens is 428 g/mol. The average Bonchev–Trinajstić information content (AvgIpc) is 3.28. The molecule has 2 fully saturated rings. The molecule has 6 rings (SSSR count). The molecule has 3 nitrogen and oxygen atoms in total. The fourth-order valence-corrected chi connectivity index (χ4v) is 7.11. The zero-order valence-electron chi connectivity index (χ0n) is 21.0. The second-order valence-electron chi connectivity index (χ2n) is 11.0. The number of hydrogen-bond donors (Lipinski definition) is 0. The fourth-order valence-electron chi connectivity index (χ4n) is 7.11. The first-order valence-electron chi connectivity index (χ1n) is 13.5. The molecule has 4 aromatic rings. The van der Waals surface area contributed by atoms with E-state index in [2.05, 4.69) is 67.2 Å². The van der Waals surface area contributed by atoms with Crippen LogP contribution in [0.3, 0.4) is 0 Å². The monoisotopic (exact) mass is 463 g/mol. The normalized spacial score (nSPS) is 21.4. The summed E-state index contributed by atoms with van der Waals surface area (Å²) in [5.74, 6) is 2.21. The van der Waals surface area contributed by atoms with Crippen LogP contribution in [0, 0.1) is 30.1 Å². The molecule has 2 saturated carbocycles. The van der Waals surface area contributed by atoms with Gasteiger partial charge in [-0.05, 0) is 74.1 Å². The van der Waals surface area contributed by atoms with Gasteiger partial charge in [-0.15, -0.1) is 0 Å². The van der Waals surface area contributed by atoms with E-state index in [0.29, 0.717) is 5.92 Å². The topological polar surface area (TPSA) is 40.8 Å². The molecule has 0 amide bonds. The highest BCUT2D eigenvalue weighted by molar-refractivity contribution is 6.11. The highest BCUT2D eigenvalue weighted by atomic mass is 16.3. The van der Waals surface area contributed by atoms with Crippen LogP contribution in [0.15, 0.2) is 53.1 Å². The molecule has 0 aliphatic heterocycles. The maximum absolute atomic E-state index is 10.1. The summed E-state index contributed by atoms with van der Waals surface area (Å²) in [7, 11) is 2.08. The van der Waals surface area contributed by atoms with E-state index in [0.717, 1.165) is 56.2 Å². The van der Waals surface area contributed by atoms with Crippen molar-refractivity contribution in [1.29, 1.82) is 5.26 Å². The first kappa shape index (κ1) is 22.4. The standard InChI is InChI=1S/C32H35N2O/c1-21-11-17-26-27-18-16-25(20-33)30(24-14-12-23(13-15-24)22-8-4-3-5-9-22)32(27)35-31(26)29(21)28-10-6-7-19-34(28)2/h6-7,10-11,16-19,22-24H,3-5,8-9,12-15H2,1-2H3/q+1. The van der Waals surface area contributed by atoms with Gasteiger partial charge in [0.15, 0.2) is 6.20 Å². The average molecular weight is 464 g/mol. The van der Waals surface area contributed by atoms with Gasteiger partial charge in [-0.1, -0.05) is 44.2 Å². The van der Waals surface area contributed by atoms with Crippen molar-refractivity contribution in [2.75, 3.05) is 0 Å². The first-order chi connectivity index (χ1) is 17.2. The van der Waals surface area contributed by atoms with Gasteiger partial charge in [-0.25, -0.2) is 4.57 Å². The molecule has 3 heteroatoms. The van der Waals surface area contributed by atoms with Gasteiger partial charge in [0.2, 0.25) is 5.69 Å². The van der Waals surface area contributed by atoms with Gasteiger partial charge in [-0.2, -0.15) is 5.26 Å². The number of hydrogen-bond acceptors (Lipinski definition) is 2. The smallest absolute Gasteiger partial charge is 0.216 e.